The maximum atomic E-state index is 9.57. The van der Waals surface area contributed by atoms with E-state index < -0.39 is 0 Å². The highest BCUT2D eigenvalue weighted by Crippen LogP contribution is 2.37. The van der Waals surface area contributed by atoms with Crippen LogP contribution in [0, 0.1) is 11.3 Å². The van der Waals surface area contributed by atoms with Crippen molar-refractivity contribution in [2.45, 2.75) is 33.6 Å². The van der Waals surface area contributed by atoms with Crippen molar-refractivity contribution < 1.29 is 9.84 Å². The number of rotatable bonds is 3. The maximum absolute atomic E-state index is 9.57. The Morgan fingerprint density at radius 1 is 1.39 bits per heavy atom. The summed E-state index contributed by atoms with van der Waals surface area (Å²) < 4.78 is 5.70. The van der Waals surface area contributed by atoms with Gasteiger partial charge in [0, 0.05) is 18.1 Å². The number of ether oxygens (including phenoxy) is 1. The Bertz CT molecular complexity index is 435. The molecule has 1 aliphatic rings. The normalized spacial score (nSPS) is 16.3. The minimum Gasteiger partial charge on any atom is -0.493 e. The van der Waals surface area contributed by atoms with Gasteiger partial charge in [-0.1, -0.05) is 32.4 Å². The Kier molecular flexibility index (Phi) is 3.88. The molecule has 1 aromatic rings. The molecule has 2 rings (SSSR count). The molecule has 100 valence electrons. The third kappa shape index (κ3) is 2.81. The molecule has 1 aliphatic heterocycles. The summed E-state index contributed by atoms with van der Waals surface area (Å²) >= 11 is 6.15. The number of halogens is 1. The van der Waals surface area contributed by atoms with Crippen LogP contribution in [0.15, 0.2) is 12.1 Å². The lowest BCUT2D eigenvalue weighted by atomic mass is 9.77. The Morgan fingerprint density at radius 2 is 2.11 bits per heavy atom. The van der Waals surface area contributed by atoms with Crippen molar-refractivity contribution >= 4 is 11.6 Å². The molecule has 0 saturated carbocycles. The van der Waals surface area contributed by atoms with Crippen LogP contribution in [0.2, 0.25) is 5.02 Å². The van der Waals surface area contributed by atoms with Crippen molar-refractivity contribution in [1.29, 1.82) is 0 Å². The van der Waals surface area contributed by atoms with Gasteiger partial charge in [0.25, 0.3) is 0 Å². The largest absolute Gasteiger partial charge is 0.493 e. The van der Waals surface area contributed by atoms with E-state index in [1.54, 1.807) is 0 Å². The molecular weight excluding hydrogens is 248 g/mol. The van der Waals surface area contributed by atoms with Crippen LogP contribution in [0.4, 0.5) is 0 Å². The van der Waals surface area contributed by atoms with Gasteiger partial charge < -0.3 is 9.84 Å². The average molecular weight is 269 g/mol. The number of hydrogen-bond acceptors (Lipinski definition) is 2. The summed E-state index contributed by atoms with van der Waals surface area (Å²) in [7, 11) is 0. The van der Waals surface area contributed by atoms with Crippen LogP contribution in [0.25, 0.3) is 0 Å². The number of hydrogen-bond donors (Lipinski definition) is 1. The fraction of sp³-hybridized carbons (Fsp3) is 0.600. The van der Waals surface area contributed by atoms with E-state index in [0.717, 1.165) is 35.8 Å². The van der Waals surface area contributed by atoms with Crippen molar-refractivity contribution in [3.63, 3.8) is 0 Å². The second kappa shape index (κ2) is 5.10. The van der Waals surface area contributed by atoms with Gasteiger partial charge >= 0.3 is 0 Å². The molecule has 0 fully saturated rings. The topological polar surface area (TPSA) is 29.5 Å². The fourth-order valence-electron chi connectivity index (χ4n) is 2.41. The highest BCUT2D eigenvalue weighted by Gasteiger charge is 2.27. The number of fused-ring (bicyclic) bond motifs is 1. The van der Waals surface area contributed by atoms with E-state index in [1.807, 2.05) is 12.1 Å². The maximum Gasteiger partial charge on any atom is 0.125 e. The van der Waals surface area contributed by atoms with E-state index in [-0.39, 0.29) is 17.9 Å². The summed E-state index contributed by atoms with van der Waals surface area (Å²) in [5, 5.41) is 10.3. The molecule has 0 amide bonds. The zero-order valence-corrected chi connectivity index (χ0v) is 12.0. The molecule has 0 spiro atoms. The molecule has 0 radical (unpaired) electrons. The summed E-state index contributed by atoms with van der Waals surface area (Å²) in [6, 6.07) is 3.96. The second-order valence-electron chi connectivity index (χ2n) is 6.10. The van der Waals surface area contributed by atoms with E-state index in [4.69, 9.17) is 16.3 Å². The van der Waals surface area contributed by atoms with Crippen LogP contribution in [-0.2, 0) is 12.8 Å². The van der Waals surface area contributed by atoms with Gasteiger partial charge in [-0.15, -0.1) is 0 Å². The van der Waals surface area contributed by atoms with E-state index in [1.165, 1.54) is 5.56 Å². The van der Waals surface area contributed by atoms with Crippen LogP contribution in [-0.4, -0.2) is 18.3 Å². The lowest BCUT2D eigenvalue weighted by molar-refractivity contribution is 0.130. The van der Waals surface area contributed by atoms with Gasteiger partial charge in [-0.2, -0.15) is 0 Å². The smallest absolute Gasteiger partial charge is 0.125 e. The minimum atomic E-state index is 0.0720. The van der Waals surface area contributed by atoms with Gasteiger partial charge in [0.15, 0.2) is 0 Å². The zero-order valence-electron chi connectivity index (χ0n) is 11.3. The highest BCUT2D eigenvalue weighted by molar-refractivity contribution is 6.30. The molecule has 0 bridgehead atoms. The molecule has 1 atom stereocenters. The Morgan fingerprint density at radius 3 is 2.72 bits per heavy atom. The van der Waals surface area contributed by atoms with Crippen LogP contribution in [0.3, 0.4) is 0 Å². The molecular formula is C15H21ClO2. The first kappa shape index (κ1) is 13.7. The quantitative estimate of drug-likeness (QED) is 0.910. The van der Waals surface area contributed by atoms with Crippen molar-refractivity contribution in [1.82, 2.24) is 0 Å². The summed E-state index contributed by atoms with van der Waals surface area (Å²) in [4.78, 5) is 0. The molecule has 3 heteroatoms. The number of aliphatic hydroxyl groups excluding tert-OH is 1. The van der Waals surface area contributed by atoms with E-state index in [9.17, 15) is 5.11 Å². The van der Waals surface area contributed by atoms with E-state index in [0.29, 0.717) is 0 Å². The van der Waals surface area contributed by atoms with Gasteiger partial charge in [-0.05, 0) is 41.0 Å². The lowest BCUT2D eigenvalue weighted by Gasteiger charge is -2.29. The van der Waals surface area contributed by atoms with Gasteiger partial charge in [0.2, 0.25) is 0 Å². The molecule has 2 nitrogen and oxygen atoms in total. The monoisotopic (exact) mass is 268 g/mol. The molecule has 0 aliphatic carbocycles. The second-order valence-corrected chi connectivity index (χ2v) is 6.54. The third-order valence-corrected chi connectivity index (χ3v) is 3.96. The summed E-state index contributed by atoms with van der Waals surface area (Å²) in [6.07, 6.45) is 1.74. The highest BCUT2D eigenvalue weighted by atomic mass is 35.5. The minimum absolute atomic E-state index is 0.0720. The molecule has 1 aromatic carbocycles. The first-order valence-corrected chi connectivity index (χ1v) is 6.84. The van der Waals surface area contributed by atoms with Gasteiger partial charge in [0.05, 0.1) is 6.61 Å². The van der Waals surface area contributed by atoms with Crippen molar-refractivity contribution in [3.05, 3.63) is 28.3 Å². The predicted molar refractivity (Wildman–Crippen MR) is 74.4 cm³/mol. The van der Waals surface area contributed by atoms with Crippen LogP contribution in [0.1, 0.15) is 31.9 Å². The lowest BCUT2D eigenvalue weighted by Crippen LogP contribution is -2.26. The number of benzene rings is 1. The Balaban J connectivity index is 2.29. The molecule has 0 saturated heterocycles. The first-order chi connectivity index (χ1) is 8.41. The van der Waals surface area contributed by atoms with Crippen molar-refractivity contribution in [3.8, 4) is 5.75 Å². The number of aliphatic hydroxyl groups is 1. The van der Waals surface area contributed by atoms with Gasteiger partial charge in [-0.25, -0.2) is 0 Å². The standard InChI is InChI=1S/C15H21ClO2/c1-15(2,3)12(9-17)6-11-8-13(16)7-10-4-5-18-14(10)11/h7-8,12,17H,4-6,9H2,1-3H3. The SMILES string of the molecule is CC(C)(C)C(CO)Cc1cc(Cl)cc2c1OCC2. The van der Waals surface area contributed by atoms with Gasteiger partial charge in [0.1, 0.15) is 5.75 Å². The first-order valence-electron chi connectivity index (χ1n) is 6.46. The molecule has 0 aromatic heterocycles. The van der Waals surface area contributed by atoms with Crippen molar-refractivity contribution in [2.75, 3.05) is 13.2 Å². The summed E-state index contributed by atoms with van der Waals surface area (Å²) in [6.45, 7) is 7.38. The zero-order chi connectivity index (χ0) is 13.3. The van der Waals surface area contributed by atoms with Crippen molar-refractivity contribution in [2.24, 2.45) is 11.3 Å². The van der Waals surface area contributed by atoms with Crippen LogP contribution < -0.4 is 4.74 Å². The molecule has 1 heterocycles. The van der Waals surface area contributed by atoms with Crippen LogP contribution >= 0.6 is 11.6 Å². The predicted octanol–water partition coefficient (Wildman–Crippen LogP) is 3.47. The van der Waals surface area contributed by atoms with Gasteiger partial charge in [-0.3, -0.25) is 0 Å². The summed E-state index contributed by atoms with van der Waals surface area (Å²) in [5.74, 6) is 1.20. The summed E-state index contributed by atoms with van der Waals surface area (Å²) in [5.41, 5.74) is 2.40. The van der Waals surface area contributed by atoms with Crippen LogP contribution in [0.5, 0.6) is 5.75 Å². The Labute approximate surface area is 114 Å². The van der Waals surface area contributed by atoms with E-state index in [2.05, 4.69) is 20.8 Å². The molecule has 1 unspecified atom stereocenters. The third-order valence-electron chi connectivity index (χ3n) is 3.74. The average Bonchev–Trinajstić information content (AvgIpc) is 2.71. The fourth-order valence-corrected chi connectivity index (χ4v) is 2.67. The van der Waals surface area contributed by atoms with E-state index >= 15 is 0 Å². The Hall–Kier alpha value is -0.730. The molecule has 18 heavy (non-hydrogen) atoms. The molecule has 1 N–H and O–H groups in total.